The van der Waals surface area contributed by atoms with Gasteiger partial charge in [-0.25, -0.2) is 0 Å². The second kappa shape index (κ2) is 1.47. The third-order valence-electron chi connectivity index (χ3n) is 2.70. The van der Waals surface area contributed by atoms with Crippen LogP contribution in [0.15, 0.2) is 0 Å². The first-order valence-corrected chi connectivity index (χ1v) is 3.54. The van der Waals surface area contributed by atoms with Gasteiger partial charge < -0.3 is 5.11 Å². The molecule has 0 amide bonds. The minimum atomic E-state index is 0.0775. The molecule has 0 unspecified atom stereocenters. The highest BCUT2D eigenvalue weighted by Crippen LogP contribution is 2.44. The Morgan fingerprint density at radius 1 is 1.12 bits per heavy atom. The Morgan fingerprint density at radius 3 is 2.25 bits per heavy atom. The summed E-state index contributed by atoms with van der Waals surface area (Å²) >= 11 is 0. The van der Waals surface area contributed by atoms with Crippen LogP contribution in [0.1, 0.15) is 25.7 Å². The van der Waals surface area contributed by atoms with Crippen molar-refractivity contribution in [2.45, 2.75) is 31.8 Å². The average molecular weight is 112 g/mol. The molecule has 2 bridgehead atoms. The SMILES string of the molecule is O[C@H]1C[C@H]2CC[C@H]1C2. The van der Waals surface area contributed by atoms with Gasteiger partial charge in [-0.3, -0.25) is 0 Å². The van der Waals surface area contributed by atoms with E-state index in [-0.39, 0.29) is 6.10 Å². The summed E-state index contributed by atoms with van der Waals surface area (Å²) in [6.07, 6.45) is 5.19. The lowest BCUT2D eigenvalue weighted by Gasteiger charge is -2.14. The van der Waals surface area contributed by atoms with E-state index in [0.29, 0.717) is 5.92 Å². The number of aliphatic hydroxyl groups excluding tert-OH is 1. The van der Waals surface area contributed by atoms with Crippen molar-refractivity contribution in [1.82, 2.24) is 0 Å². The largest absolute Gasteiger partial charge is 0.393 e. The lowest BCUT2D eigenvalue weighted by molar-refractivity contribution is 0.113. The molecule has 0 radical (unpaired) electrons. The lowest BCUT2D eigenvalue weighted by Crippen LogP contribution is -2.14. The van der Waals surface area contributed by atoms with Crippen molar-refractivity contribution in [3.8, 4) is 0 Å². The van der Waals surface area contributed by atoms with E-state index >= 15 is 0 Å². The van der Waals surface area contributed by atoms with Crippen LogP contribution in [0.5, 0.6) is 0 Å². The van der Waals surface area contributed by atoms with E-state index in [0.717, 1.165) is 12.3 Å². The van der Waals surface area contributed by atoms with Crippen molar-refractivity contribution < 1.29 is 5.11 Å². The minimum Gasteiger partial charge on any atom is -0.393 e. The highest BCUT2D eigenvalue weighted by Gasteiger charge is 2.38. The van der Waals surface area contributed by atoms with Gasteiger partial charge in [-0.1, -0.05) is 0 Å². The Morgan fingerprint density at radius 2 is 2.00 bits per heavy atom. The maximum atomic E-state index is 9.22. The first kappa shape index (κ1) is 4.80. The molecule has 8 heavy (non-hydrogen) atoms. The molecule has 0 aliphatic heterocycles. The summed E-state index contributed by atoms with van der Waals surface area (Å²) in [5.41, 5.74) is 0. The van der Waals surface area contributed by atoms with Gasteiger partial charge in [-0.2, -0.15) is 0 Å². The molecule has 0 aromatic rings. The molecule has 0 spiro atoms. The molecule has 0 aromatic carbocycles. The molecule has 0 saturated heterocycles. The maximum Gasteiger partial charge on any atom is 0.0571 e. The zero-order chi connectivity index (χ0) is 5.56. The summed E-state index contributed by atoms with van der Waals surface area (Å²) < 4.78 is 0. The molecule has 3 atom stereocenters. The summed E-state index contributed by atoms with van der Waals surface area (Å²) in [6, 6.07) is 0. The van der Waals surface area contributed by atoms with Crippen molar-refractivity contribution in [3.05, 3.63) is 0 Å². The normalized spacial score (nSPS) is 52.9. The van der Waals surface area contributed by atoms with E-state index < -0.39 is 0 Å². The maximum absolute atomic E-state index is 9.22. The van der Waals surface area contributed by atoms with Gasteiger partial charge in [0.2, 0.25) is 0 Å². The van der Waals surface area contributed by atoms with Crippen molar-refractivity contribution in [2.75, 3.05) is 0 Å². The van der Waals surface area contributed by atoms with Gasteiger partial charge in [0.15, 0.2) is 0 Å². The van der Waals surface area contributed by atoms with Crippen LogP contribution in [0.2, 0.25) is 0 Å². The predicted molar refractivity (Wildman–Crippen MR) is 31.5 cm³/mol. The Bertz CT molecular complexity index is 98.6. The van der Waals surface area contributed by atoms with Crippen LogP contribution in [0, 0.1) is 11.8 Å². The predicted octanol–water partition coefficient (Wildman–Crippen LogP) is 1.17. The van der Waals surface area contributed by atoms with Gasteiger partial charge in [0.1, 0.15) is 0 Å². The van der Waals surface area contributed by atoms with Gasteiger partial charge in [0, 0.05) is 0 Å². The number of hydrogen-bond donors (Lipinski definition) is 1. The smallest absolute Gasteiger partial charge is 0.0571 e. The number of fused-ring (bicyclic) bond motifs is 2. The van der Waals surface area contributed by atoms with Crippen molar-refractivity contribution in [3.63, 3.8) is 0 Å². The van der Waals surface area contributed by atoms with E-state index in [1.165, 1.54) is 19.3 Å². The first-order valence-electron chi connectivity index (χ1n) is 3.54. The molecule has 0 heterocycles. The van der Waals surface area contributed by atoms with Crippen LogP contribution in [-0.2, 0) is 0 Å². The highest BCUT2D eigenvalue weighted by atomic mass is 16.3. The Balaban J connectivity index is 2.11. The van der Waals surface area contributed by atoms with Gasteiger partial charge in [0.25, 0.3) is 0 Å². The van der Waals surface area contributed by atoms with Crippen LogP contribution < -0.4 is 0 Å². The molecule has 2 rings (SSSR count). The quantitative estimate of drug-likeness (QED) is 0.498. The molecule has 2 fully saturated rings. The Labute approximate surface area is 49.7 Å². The molecule has 1 nitrogen and oxygen atoms in total. The number of rotatable bonds is 0. The fourth-order valence-corrected chi connectivity index (χ4v) is 2.21. The molecule has 2 saturated carbocycles. The van der Waals surface area contributed by atoms with Crippen molar-refractivity contribution in [2.24, 2.45) is 11.8 Å². The third-order valence-corrected chi connectivity index (χ3v) is 2.70. The lowest BCUT2D eigenvalue weighted by atomic mass is 9.98. The summed E-state index contributed by atoms with van der Waals surface area (Å²) in [5.74, 6) is 1.59. The van der Waals surface area contributed by atoms with Crippen molar-refractivity contribution >= 4 is 0 Å². The number of aliphatic hydroxyl groups is 1. The van der Waals surface area contributed by atoms with Crippen LogP contribution in [0.3, 0.4) is 0 Å². The summed E-state index contributed by atoms with van der Waals surface area (Å²) in [4.78, 5) is 0. The summed E-state index contributed by atoms with van der Waals surface area (Å²) in [6.45, 7) is 0. The zero-order valence-electron chi connectivity index (χ0n) is 5.01. The van der Waals surface area contributed by atoms with E-state index in [4.69, 9.17) is 0 Å². The second-order valence-electron chi connectivity index (χ2n) is 3.24. The zero-order valence-corrected chi connectivity index (χ0v) is 5.01. The van der Waals surface area contributed by atoms with Gasteiger partial charge in [-0.05, 0) is 37.5 Å². The molecule has 0 aromatic heterocycles. The molecule has 46 valence electrons. The third kappa shape index (κ3) is 0.510. The van der Waals surface area contributed by atoms with Gasteiger partial charge >= 0.3 is 0 Å². The fourth-order valence-electron chi connectivity index (χ4n) is 2.21. The molecule has 1 heteroatoms. The van der Waals surface area contributed by atoms with Gasteiger partial charge in [-0.15, -0.1) is 0 Å². The van der Waals surface area contributed by atoms with Crippen LogP contribution >= 0.6 is 0 Å². The molecular formula is C7H12O. The van der Waals surface area contributed by atoms with E-state index in [2.05, 4.69) is 0 Å². The standard InChI is InChI=1S/C7H12O/c8-7-4-5-1-2-6(7)3-5/h5-8H,1-4H2/t5-,6-,7-/m0/s1. The minimum absolute atomic E-state index is 0.0775. The van der Waals surface area contributed by atoms with Crippen LogP contribution in [0.25, 0.3) is 0 Å². The fraction of sp³-hybridized carbons (Fsp3) is 1.00. The van der Waals surface area contributed by atoms with E-state index in [9.17, 15) is 5.11 Å². The molecule has 2 aliphatic carbocycles. The van der Waals surface area contributed by atoms with Crippen molar-refractivity contribution in [1.29, 1.82) is 0 Å². The molecular weight excluding hydrogens is 100 g/mol. The Hall–Kier alpha value is -0.0400. The summed E-state index contributed by atoms with van der Waals surface area (Å²) in [7, 11) is 0. The highest BCUT2D eigenvalue weighted by molar-refractivity contribution is 4.89. The monoisotopic (exact) mass is 112 g/mol. The second-order valence-corrected chi connectivity index (χ2v) is 3.24. The van der Waals surface area contributed by atoms with Crippen LogP contribution in [-0.4, -0.2) is 11.2 Å². The Kier molecular flexibility index (Phi) is 0.884. The van der Waals surface area contributed by atoms with Gasteiger partial charge in [0.05, 0.1) is 6.10 Å². The molecule has 1 N–H and O–H groups in total. The number of hydrogen-bond acceptors (Lipinski definition) is 1. The molecule has 2 aliphatic rings. The van der Waals surface area contributed by atoms with E-state index in [1.54, 1.807) is 0 Å². The average Bonchev–Trinajstić information content (AvgIpc) is 2.23. The first-order chi connectivity index (χ1) is 3.86. The topological polar surface area (TPSA) is 20.2 Å². The summed E-state index contributed by atoms with van der Waals surface area (Å²) in [5, 5.41) is 9.22. The van der Waals surface area contributed by atoms with Crippen LogP contribution in [0.4, 0.5) is 0 Å². The van der Waals surface area contributed by atoms with E-state index in [1.807, 2.05) is 0 Å².